The van der Waals surface area contributed by atoms with E-state index in [-0.39, 0.29) is 23.5 Å². The maximum Gasteiger partial charge on any atom is 0.219 e. The summed E-state index contributed by atoms with van der Waals surface area (Å²) in [6.45, 7) is 9.68. The van der Waals surface area contributed by atoms with E-state index in [4.69, 9.17) is 9.47 Å². The minimum atomic E-state index is -0.0795. The Labute approximate surface area is 187 Å². The van der Waals surface area contributed by atoms with Gasteiger partial charge >= 0.3 is 0 Å². The fraction of sp³-hybridized carbons (Fsp3) is 0.519. The minimum Gasteiger partial charge on any atom is -0.496 e. The van der Waals surface area contributed by atoms with Crippen LogP contribution < -0.4 is 4.74 Å². The van der Waals surface area contributed by atoms with Crippen LogP contribution in [0.15, 0.2) is 54.6 Å². The van der Waals surface area contributed by atoms with Crippen LogP contribution in [0.25, 0.3) is 0 Å². The van der Waals surface area contributed by atoms with Crippen molar-refractivity contribution in [2.45, 2.75) is 64.5 Å². The Morgan fingerprint density at radius 2 is 1.81 bits per heavy atom. The van der Waals surface area contributed by atoms with Crippen LogP contribution in [-0.4, -0.2) is 37.2 Å². The van der Waals surface area contributed by atoms with Gasteiger partial charge in [-0.1, -0.05) is 62.4 Å². The summed E-state index contributed by atoms with van der Waals surface area (Å²) >= 11 is 0. The normalized spacial score (nSPS) is 22.2. The van der Waals surface area contributed by atoms with Crippen molar-refractivity contribution in [2.75, 3.05) is 20.3 Å². The molecule has 1 fully saturated rings. The molecule has 0 bridgehead atoms. The van der Waals surface area contributed by atoms with Crippen LogP contribution in [0.1, 0.15) is 64.1 Å². The number of para-hydroxylation sites is 1. The first-order chi connectivity index (χ1) is 14.9. The highest BCUT2D eigenvalue weighted by molar-refractivity contribution is 5.73. The van der Waals surface area contributed by atoms with Crippen LogP contribution in [0.4, 0.5) is 0 Å². The van der Waals surface area contributed by atoms with E-state index >= 15 is 0 Å². The van der Waals surface area contributed by atoms with Crippen molar-refractivity contribution < 1.29 is 14.3 Å². The minimum absolute atomic E-state index is 0.0363. The summed E-state index contributed by atoms with van der Waals surface area (Å²) in [6.07, 6.45) is 2.96. The quantitative estimate of drug-likeness (QED) is 0.541. The van der Waals surface area contributed by atoms with Crippen LogP contribution in [0.3, 0.4) is 0 Å². The Hall–Kier alpha value is -2.33. The molecule has 4 heteroatoms. The molecule has 3 atom stereocenters. The largest absolute Gasteiger partial charge is 0.496 e. The Morgan fingerprint density at radius 3 is 2.45 bits per heavy atom. The molecule has 3 unspecified atom stereocenters. The van der Waals surface area contributed by atoms with Gasteiger partial charge in [0.25, 0.3) is 0 Å². The lowest BCUT2D eigenvalue weighted by atomic mass is 9.68. The van der Waals surface area contributed by atoms with E-state index in [9.17, 15) is 4.79 Å². The number of nitrogens with zero attached hydrogens (tertiary/aromatic N) is 1. The topological polar surface area (TPSA) is 38.8 Å². The maximum atomic E-state index is 12.6. The fourth-order valence-electron chi connectivity index (χ4n) is 4.94. The highest BCUT2D eigenvalue weighted by atomic mass is 16.5. The molecule has 0 N–H and O–H groups in total. The maximum absolute atomic E-state index is 12.6. The number of carbonyl (C=O) groups excluding carboxylic acids is 1. The van der Waals surface area contributed by atoms with Crippen molar-refractivity contribution in [3.8, 4) is 5.75 Å². The van der Waals surface area contributed by atoms with Crippen LogP contribution in [0, 0.1) is 5.92 Å². The molecule has 0 aliphatic carbocycles. The van der Waals surface area contributed by atoms with Crippen molar-refractivity contribution >= 4 is 5.91 Å². The first kappa shape index (κ1) is 23.3. The van der Waals surface area contributed by atoms with Gasteiger partial charge in [-0.2, -0.15) is 0 Å². The van der Waals surface area contributed by atoms with Gasteiger partial charge in [0, 0.05) is 31.1 Å². The van der Waals surface area contributed by atoms with Gasteiger partial charge in [0.2, 0.25) is 5.91 Å². The van der Waals surface area contributed by atoms with E-state index in [2.05, 4.69) is 45.0 Å². The molecule has 4 nitrogen and oxygen atoms in total. The molecule has 0 spiro atoms. The lowest BCUT2D eigenvalue weighted by Gasteiger charge is -2.44. The monoisotopic (exact) mass is 423 g/mol. The zero-order valence-corrected chi connectivity index (χ0v) is 19.6. The molecule has 2 aromatic rings. The standard InChI is InChI=1S/C27H37NO3/c1-20(2)26-19-27(16-18-31-26,24-13-9-10-14-25(24)30-5)15-17-28(22(4)29)21(3)23-11-7-6-8-12-23/h6-14,20-21,26H,15-19H2,1-5H3. The van der Waals surface area contributed by atoms with Gasteiger partial charge in [0.05, 0.1) is 19.3 Å². The predicted molar refractivity (Wildman–Crippen MR) is 125 cm³/mol. The van der Waals surface area contributed by atoms with Crippen molar-refractivity contribution in [3.05, 3.63) is 65.7 Å². The van der Waals surface area contributed by atoms with E-state index in [1.165, 1.54) is 5.56 Å². The third-order valence-electron chi connectivity index (χ3n) is 6.91. The smallest absolute Gasteiger partial charge is 0.219 e. The molecule has 0 saturated carbocycles. The highest BCUT2D eigenvalue weighted by Crippen LogP contribution is 2.45. The van der Waals surface area contributed by atoms with Gasteiger partial charge in [0.1, 0.15) is 5.75 Å². The Balaban J connectivity index is 1.92. The average Bonchev–Trinajstić information content (AvgIpc) is 2.79. The number of hydrogen-bond acceptors (Lipinski definition) is 3. The van der Waals surface area contributed by atoms with Gasteiger partial charge in [-0.25, -0.2) is 0 Å². The molecule has 1 aliphatic heterocycles. The second-order valence-corrected chi connectivity index (χ2v) is 9.14. The number of hydrogen-bond donors (Lipinski definition) is 0. The molecule has 168 valence electrons. The van der Waals surface area contributed by atoms with Crippen molar-refractivity contribution in [1.82, 2.24) is 4.90 Å². The molecule has 1 saturated heterocycles. The summed E-state index contributed by atoms with van der Waals surface area (Å²) < 4.78 is 11.9. The third-order valence-corrected chi connectivity index (χ3v) is 6.91. The van der Waals surface area contributed by atoms with Gasteiger partial charge in [-0.15, -0.1) is 0 Å². The summed E-state index contributed by atoms with van der Waals surface area (Å²) in [7, 11) is 1.74. The molecular weight excluding hydrogens is 386 g/mol. The summed E-state index contributed by atoms with van der Waals surface area (Å²) in [5.74, 6) is 1.48. The molecule has 2 aromatic carbocycles. The van der Waals surface area contributed by atoms with Crippen LogP contribution in [0.5, 0.6) is 5.75 Å². The van der Waals surface area contributed by atoms with Crippen LogP contribution >= 0.6 is 0 Å². The van der Waals surface area contributed by atoms with Crippen molar-refractivity contribution in [3.63, 3.8) is 0 Å². The Kier molecular flexibility index (Phi) is 7.77. The number of rotatable bonds is 8. The third kappa shape index (κ3) is 5.30. The molecule has 0 radical (unpaired) electrons. The van der Waals surface area contributed by atoms with E-state index in [1.54, 1.807) is 14.0 Å². The van der Waals surface area contributed by atoms with Crippen molar-refractivity contribution in [1.29, 1.82) is 0 Å². The van der Waals surface area contributed by atoms with E-state index < -0.39 is 0 Å². The zero-order chi connectivity index (χ0) is 22.4. The lowest BCUT2D eigenvalue weighted by Crippen LogP contribution is -2.44. The number of methoxy groups -OCH3 is 1. The predicted octanol–water partition coefficient (Wildman–Crippen LogP) is 5.77. The molecule has 1 heterocycles. The number of amides is 1. The van der Waals surface area contributed by atoms with Gasteiger partial charge in [0.15, 0.2) is 0 Å². The molecule has 31 heavy (non-hydrogen) atoms. The summed E-state index contributed by atoms with van der Waals surface area (Å²) in [5, 5.41) is 0. The first-order valence-electron chi connectivity index (χ1n) is 11.4. The summed E-state index contributed by atoms with van der Waals surface area (Å²) in [4.78, 5) is 14.7. The summed E-state index contributed by atoms with van der Waals surface area (Å²) in [5.41, 5.74) is 2.32. The van der Waals surface area contributed by atoms with E-state index in [1.807, 2.05) is 35.2 Å². The second kappa shape index (κ2) is 10.3. The number of ether oxygens (including phenoxy) is 2. The first-order valence-corrected chi connectivity index (χ1v) is 11.4. The molecule has 1 aliphatic rings. The zero-order valence-electron chi connectivity index (χ0n) is 19.6. The fourth-order valence-corrected chi connectivity index (χ4v) is 4.94. The SMILES string of the molecule is COc1ccccc1C1(CCN(C(C)=O)C(C)c2ccccc2)CCOC(C(C)C)C1. The lowest BCUT2D eigenvalue weighted by molar-refractivity contribution is -0.131. The second-order valence-electron chi connectivity index (χ2n) is 9.14. The number of benzene rings is 2. The van der Waals surface area contributed by atoms with Crippen LogP contribution in [-0.2, 0) is 14.9 Å². The Morgan fingerprint density at radius 1 is 1.13 bits per heavy atom. The number of carbonyl (C=O) groups is 1. The molecular formula is C27H37NO3. The van der Waals surface area contributed by atoms with E-state index in [0.29, 0.717) is 12.5 Å². The van der Waals surface area contributed by atoms with Gasteiger partial charge in [-0.3, -0.25) is 4.79 Å². The molecule has 3 rings (SSSR count). The highest BCUT2D eigenvalue weighted by Gasteiger charge is 2.41. The average molecular weight is 424 g/mol. The molecule has 1 amide bonds. The van der Waals surface area contributed by atoms with Gasteiger partial charge < -0.3 is 14.4 Å². The molecule has 0 aromatic heterocycles. The van der Waals surface area contributed by atoms with Crippen LogP contribution in [0.2, 0.25) is 0 Å². The Bertz CT molecular complexity index is 851. The summed E-state index contributed by atoms with van der Waals surface area (Å²) in [6, 6.07) is 18.7. The van der Waals surface area contributed by atoms with E-state index in [0.717, 1.165) is 37.2 Å². The van der Waals surface area contributed by atoms with Gasteiger partial charge in [-0.05, 0) is 43.7 Å². The van der Waals surface area contributed by atoms with Crippen molar-refractivity contribution in [2.24, 2.45) is 5.92 Å².